The van der Waals surface area contributed by atoms with E-state index >= 15 is 0 Å². The van der Waals surface area contributed by atoms with Gasteiger partial charge in [-0.1, -0.05) is 0 Å². The summed E-state index contributed by atoms with van der Waals surface area (Å²) in [5, 5.41) is 10.4. The van der Waals surface area contributed by atoms with Gasteiger partial charge in [0.2, 0.25) is 5.88 Å². The summed E-state index contributed by atoms with van der Waals surface area (Å²) in [6, 6.07) is 3.29. The first kappa shape index (κ1) is 20.7. The van der Waals surface area contributed by atoms with Gasteiger partial charge in [0.1, 0.15) is 29.1 Å². The number of nitrogen functional groups attached to an aromatic ring is 1. The van der Waals surface area contributed by atoms with Crippen LogP contribution in [0.25, 0.3) is 16.8 Å². The van der Waals surface area contributed by atoms with E-state index in [2.05, 4.69) is 20.7 Å². The molecule has 11 heteroatoms. The van der Waals surface area contributed by atoms with Gasteiger partial charge in [0.05, 0.1) is 24.5 Å². The number of anilines is 2. The third-order valence-electron chi connectivity index (χ3n) is 5.53. The van der Waals surface area contributed by atoms with E-state index in [-0.39, 0.29) is 30.4 Å². The van der Waals surface area contributed by atoms with Crippen molar-refractivity contribution in [3.63, 3.8) is 0 Å². The summed E-state index contributed by atoms with van der Waals surface area (Å²) in [5.74, 6) is 0.208. The summed E-state index contributed by atoms with van der Waals surface area (Å²) in [5.41, 5.74) is 9.10. The molecule has 0 radical (unpaired) electrons. The highest BCUT2D eigenvalue weighted by Gasteiger charge is 2.23. The number of nitrogens with two attached hydrogens (primary N) is 1. The number of pyridine rings is 1. The fourth-order valence-corrected chi connectivity index (χ4v) is 3.82. The highest BCUT2D eigenvalue weighted by molar-refractivity contribution is 6.01. The number of rotatable bonds is 2. The third kappa shape index (κ3) is 3.71. The molecule has 4 aromatic heterocycles. The molecule has 5 heterocycles. The Kier molecular flexibility index (Phi) is 5.08. The zero-order valence-electron chi connectivity index (χ0n) is 18.2. The second-order valence-electron chi connectivity index (χ2n) is 7.85. The zero-order chi connectivity index (χ0) is 23.1. The number of nitrogens with one attached hydrogen (secondary N) is 2. The van der Waals surface area contributed by atoms with Gasteiger partial charge < -0.3 is 25.7 Å². The van der Waals surface area contributed by atoms with Crippen molar-refractivity contribution >= 4 is 23.2 Å². The number of ether oxygens (including phenoxy) is 1. The second kappa shape index (κ2) is 8.08. The van der Waals surface area contributed by atoms with E-state index in [4.69, 9.17) is 15.5 Å². The summed E-state index contributed by atoms with van der Waals surface area (Å²) in [4.78, 5) is 21.6. The molecule has 0 saturated carbocycles. The molecule has 4 N–H and O–H groups in total. The molecule has 1 aliphatic rings. The number of hydrogen-bond donors (Lipinski definition) is 3. The number of nitrogens with zero attached hydrogens (tertiary/aromatic N) is 5. The van der Waals surface area contributed by atoms with Crippen molar-refractivity contribution in [1.82, 2.24) is 29.5 Å². The molecule has 2 bridgehead atoms. The molecule has 1 aliphatic heterocycles. The first-order chi connectivity index (χ1) is 15.9. The number of carbonyl (C=O) groups excluding carboxylic acids is 1. The van der Waals surface area contributed by atoms with Crippen LogP contribution in [0.15, 0.2) is 36.9 Å². The summed E-state index contributed by atoms with van der Waals surface area (Å²) >= 11 is 0. The van der Waals surface area contributed by atoms with Gasteiger partial charge in [0.15, 0.2) is 5.65 Å². The van der Waals surface area contributed by atoms with Crippen LogP contribution in [0.2, 0.25) is 0 Å². The van der Waals surface area contributed by atoms with E-state index in [0.29, 0.717) is 28.4 Å². The number of aryl methyl sites for hydroxylation is 1. The van der Waals surface area contributed by atoms with E-state index in [1.807, 2.05) is 30.0 Å². The number of carbonyl (C=O) groups is 1. The summed E-state index contributed by atoms with van der Waals surface area (Å²) in [6.45, 7) is 5.02. The summed E-state index contributed by atoms with van der Waals surface area (Å²) in [7, 11) is 0. The molecule has 170 valence electrons. The molecule has 0 spiro atoms. The van der Waals surface area contributed by atoms with Gasteiger partial charge in [-0.05, 0) is 26.0 Å². The number of halogens is 1. The molecule has 1 unspecified atom stereocenters. The largest absolute Gasteiger partial charge is 0.473 e. The van der Waals surface area contributed by atoms with Crippen LogP contribution >= 0.6 is 0 Å². The molecule has 10 nitrogen and oxygen atoms in total. The van der Waals surface area contributed by atoms with Crippen LogP contribution in [-0.2, 0) is 13.1 Å². The zero-order valence-corrected chi connectivity index (χ0v) is 18.2. The lowest BCUT2D eigenvalue weighted by Crippen LogP contribution is -2.33. The number of fused-ring (bicyclic) bond motifs is 2. The number of amides is 1. The van der Waals surface area contributed by atoms with Crippen molar-refractivity contribution in [3.8, 4) is 17.0 Å². The summed E-state index contributed by atoms with van der Waals surface area (Å²) in [6.07, 6.45) is 6.03. The summed E-state index contributed by atoms with van der Waals surface area (Å²) < 4.78 is 23.3. The Hall–Kier alpha value is -4.15. The number of hydrogen-bond acceptors (Lipinski definition) is 7. The molecule has 0 saturated heterocycles. The molecule has 0 aliphatic carbocycles. The van der Waals surface area contributed by atoms with E-state index < -0.39 is 11.9 Å². The average Bonchev–Trinajstić information content (AvgIpc) is 3.44. The standard InChI is InChI=1S/C22H23FN8O2/c1-3-30-5-4-13(11-30)17-18(24)31-20-16(10-28-31)21(32)26-7-12(2)33-22-14(6-15(23)9-27-22)8-25-19(17)29-20/h4-6,9-12H,3,7-8,24H2,1-2H3,(H,25,29)(H,26,32). The van der Waals surface area contributed by atoms with Crippen LogP contribution in [0.4, 0.5) is 16.0 Å². The van der Waals surface area contributed by atoms with Crippen LogP contribution < -0.4 is 21.1 Å². The topological polar surface area (TPSA) is 124 Å². The Labute approximate surface area is 188 Å². The Morgan fingerprint density at radius 1 is 1.33 bits per heavy atom. The maximum absolute atomic E-state index is 14.0. The van der Waals surface area contributed by atoms with E-state index in [9.17, 15) is 9.18 Å². The molecular weight excluding hydrogens is 427 g/mol. The predicted molar refractivity (Wildman–Crippen MR) is 120 cm³/mol. The smallest absolute Gasteiger partial charge is 0.256 e. The lowest BCUT2D eigenvalue weighted by Gasteiger charge is -2.17. The van der Waals surface area contributed by atoms with Crippen LogP contribution in [0.1, 0.15) is 29.8 Å². The van der Waals surface area contributed by atoms with Crippen molar-refractivity contribution in [1.29, 1.82) is 0 Å². The SMILES string of the molecule is CCn1ccc(-c2c3nc4c(cnn4c2N)C(=O)NCC(C)Oc2ncc(F)cc2CN3)c1. The maximum Gasteiger partial charge on any atom is 0.256 e. The van der Waals surface area contributed by atoms with E-state index in [1.165, 1.54) is 16.8 Å². The van der Waals surface area contributed by atoms with Gasteiger partial charge in [-0.25, -0.2) is 14.4 Å². The lowest BCUT2D eigenvalue weighted by molar-refractivity contribution is 0.0932. The van der Waals surface area contributed by atoms with Crippen LogP contribution in [0.5, 0.6) is 5.88 Å². The molecule has 1 amide bonds. The third-order valence-corrected chi connectivity index (χ3v) is 5.53. The average molecular weight is 450 g/mol. The number of aromatic nitrogens is 5. The predicted octanol–water partition coefficient (Wildman–Crippen LogP) is 2.46. The molecule has 1 atom stereocenters. The lowest BCUT2D eigenvalue weighted by atomic mass is 10.1. The van der Waals surface area contributed by atoms with Crippen molar-refractivity contribution in [3.05, 3.63) is 53.9 Å². The van der Waals surface area contributed by atoms with E-state index in [1.54, 1.807) is 6.92 Å². The minimum Gasteiger partial charge on any atom is -0.473 e. The van der Waals surface area contributed by atoms with Gasteiger partial charge in [0.25, 0.3) is 5.91 Å². The van der Waals surface area contributed by atoms with Gasteiger partial charge in [-0.3, -0.25) is 4.79 Å². The van der Waals surface area contributed by atoms with Gasteiger partial charge in [-0.2, -0.15) is 9.61 Å². The quantitative estimate of drug-likeness (QED) is 0.428. The van der Waals surface area contributed by atoms with Crippen molar-refractivity contribution in [2.75, 3.05) is 17.6 Å². The molecule has 5 rings (SSSR count). The highest BCUT2D eigenvalue weighted by Crippen LogP contribution is 2.34. The van der Waals surface area contributed by atoms with Crippen LogP contribution in [-0.4, -0.2) is 42.7 Å². The minimum absolute atomic E-state index is 0.182. The van der Waals surface area contributed by atoms with Crippen molar-refractivity contribution < 1.29 is 13.9 Å². The fourth-order valence-electron chi connectivity index (χ4n) is 3.82. The Morgan fingerprint density at radius 2 is 2.18 bits per heavy atom. The van der Waals surface area contributed by atoms with Crippen LogP contribution in [0, 0.1) is 5.82 Å². The Morgan fingerprint density at radius 3 is 2.97 bits per heavy atom. The van der Waals surface area contributed by atoms with E-state index in [0.717, 1.165) is 18.3 Å². The first-order valence-corrected chi connectivity index (χ1v) is 10.6. The van der Waals surface area contributed by atoms with Gasteiger partial charge >= 0.3 is 0 Å². The maximum atomic E-state index is 14.0. The van der Waals surface area contributed by atoms with Gasteiger partial charge in [0, 0.05) is 36.6 Å². The monoisotopic (exact) mass is 450 g/mol. The Bertz CT molecular complexity index is 1360. The van der Waals surface area contributed by atoms with Crippen molar-refractivity contribution in [2.24, 2.45) is 0 Å². The van der Waals surface area contributed by atoms with Crippen LogP contribution in [0.3, 0.4) is 0 Å². The van der Waals surface area contributed by atoms with Crippen molar-refractivity contribution in [2.45, 2.75) is 33.0 Å². The normalized spacial score (nSPS) is 16.2. The molecule has 0 aromatic carbocycles. The van der Waals surface area contributed by atoms with Gasteiger partial charge in [-0.15, -0.1) is 0 Å². The molecule has 33 heavy (non-hydrogen) atoms. The molecular formula is C22H23FN8O2. The molecule has 0 fully saturated rings. The highest BCUT2D eigenvalue weighted by atomic mass is 19.1. The second-order valence-corrected chi connectivity index (χ2v) is 7.85. The minimum atomic E-state index is -0.481. The fraction of sp³-hybridized carbons (Fsp3) is 0.273. The Balaban J connectivity index is 1.70. The molecule has 4 aromatic rings. The first-order valence-electron chi connectivity index (χ1n) is 10.6.